The van der Waals surface area contributed by atoms with Crippen molar-refractivity contribution in [3.8, 4) is 0 Å². The van der Waals surface area contributed by atoms with Gasteiger partial charge in [0.25, 0.3) is 0 Å². The minimum atomic E-state index is -0.771. The Morgan fingerprint density at radius 3 is 2.74 bits per heavy atom. The molecule has 0 saturated heterocycles. The van der Waals surface area contributed by atoms with Gasteiger partial charge in [-0.15, -0.1) is 0 Å². The fourth-order valence-corrected chi connectivity index (χ4v) is 3.55. The fourth-order valence-electron chi connectivity index (χ4n) is 3.15. The van der Waals surface area contributed by atoms with Gasteiger partial charge in [0.1, 0.15) is 4.60 Å². The molecule has 1 aliphatic carbocycles. The molecule has 0 spiro atoms. The van der Waals surface area contributed by atoms with Crippen LogP contribution in [0.3, 0.4) is 0 Å². The van der Waals surface area contributed by atoms with Gasteiger partial charge >= 0.3 is 5.97 Å². The summed E-state index contributed by atoms with van der Waals surface area (Å²) in [7, 11) is 0. The third-order valence-corrected chi connectivity index (χ3v) is 4.77. The molecule has 1 saturated carbocycles. The van der Waals surface area contributed by atoms with Crippen LogP contribution in [0.25, 0.3) is 10.9 Å². The molecule has 0 unspecified atom stereocenters. The first kappa shape index (κ1) is 12.7. The van der Waals surface area contributed by atoms with Crippen LogP contribution in [0, 0.1) is 0 Å². The van der Waals surface area contributed by atoms with Gasteiger partial charge in [0.05, 0.1) is 10.9 Å². The summed E-state index contributed by atoms with van der Waals surface area (Å²) >= 11 is 3.41. The molecule has 2 aromatic rings. The van der Waals surface area contributed by atoms with Gasteiger partial charge in [-0.25, -0.2) is 0 Å². The smallest absolute Gasteiger partial charge is 0.314 e. The quantitative estimate of drug-likeness (QED) is 0.887. The molecule has 0 bridgehead atoms. The van der Waals surface area contributed by atoms with Gasteiger partial charge in [-0.3, -0.25) is 9.89 Å². The molecule has 4 nitrogen and oxygen atoms in total. The summed E-state index contributed by atoms with van der Waals surface area (Å²) in [6, 6.07) is 5.77. The van der Waals surface area contributed by atoms with Crippen molar-refractivity contribution in [2.24, 2.45) is 0 Å². The molecule has 2 N–H and O–H groups in total. The number of hydrogen-bond acceptors (Lipinski definition) is 2. The van der Waals surface area contributed by atoms with E-state index < -0.39 is 11.4 Å². The Morgan fingerprint density at radius 2 is 2.05 bits per heavy atom. The number of aromatic amines is 1. The lowest BCUT2D eigenvalue weighted by Crippen LogP contribution is -2.38. The fraction of sp³-hybridized carbons (Fsp3) is 0.429. The molecule has 100 valence electrons. The number of H-pyrrole nitrogens is 1. The lowest BCUT2D eigenvalue weighted by molar-refractivity contribution is -0.145. The van der Waals surface area contributed by atoms with Gasteiger partial charge in [0, 0.05) is 5.39 Å². The number of halogens is 1. The number of aromatic nitrogens is 2. The highest BCUT2D eigenvalue weighted by Gasteiger charge is 2.42. The number of hydrogen-bond donors (Lipinski definition) is 2. The van der Waals surface area contributed by atoms with Crippen LogP contribution in [0.2, 0.25) is 0 Å². The van der Waals surface area contributed by atoms with Crippen molar-refractivity contribution in [2.45, 2.75) is 37.5 Å². The number of carboxylic acids is 1. The molecule has 5 heteroatoms. The van der Waals surface area contributed by atoms with E-state index in [1.807, 2.05) is 18.2 Å². The molecular formula is C14H15BrN2O2. The Kier molecular flexibility index (Phi) is 3.09. The van der Waals surface area contributed by atoms with Crippen molar-refractivity contribution in [1.82, 2.24) is 10.2 Å². The maximum absolute atomic E-state index is 11.9. The number of aliphatic carboxylic acids is 1. The van der Waals surface area contributed by atoms with Gasteiger partial charge in [0.15, 0.2) is 0 Å². The maximum Gasteiger partial charge on any atom is 0.314 e. The number of benzene rings is 1. The van der Waals surface area contributed by atoms with Crippen LogP contribution in [-0.2, 0) is 10.2 Å². The molecule has 1 heterocycles. The van der Waals surface area contributed by atoms with Crippen molar-refractivity contribution in [2.75, 3.05) is 0 Å². The van der Waals surface area contributed by atoms with Crippen LogP contribution in [0.15, 0.2) is 22.8 Å². The SMILES string of the molecule is O=C(O)C1(c2cccc3c(Br)[nH]nc23)CCCCC1. The highest BCUT2D eigenvalue weighted by Crippen LogP contribution is 2.42. The predicted molar refractivity (Wildman–Crippen MR) is 76.2 cm³/mol. The van der Waals surface area contributed by atoms with E-state index in [4.69, 9.17) is 0 Å². The third-order valence-electron chi connectivity index (χ3n) is 4.17. The molecule has 1 aliphatic rings. The van der Waals surface area contributed by atoms with Crippen LogP contribution in [0.5, 0.6) is 0 Å². The maximum atomic E-state index is 11.9. The van der Waals surface area contributed by atoms with Crippen molar-refractivity contribution >= 4 is 32.8 Å². The average Bonchev–Trinajstić information content (AvgIpc) is 2.81. The zero-order chi connectivity index (χ0) is 13.5. The molecule has 0 amide bonds. The van der Waals surface area contributed by atoms with Crippen LogP contribution < -0.4 is 0 Å². The van der Waals surface area contributed by atoms with E-state index in [1.54, 1.807) is 0 Å². The standard InChI is InChI=1S/C14H15BrN2O2/c15-12-9-5-4-6-10(11(9)16-17-12)14(13(18)19)7-2-1-3-8-14/h4-6H,1-3,7-8H2,(H,16,17)(H,18,19). The van der Waals surface area contributed by atoms with Crippen molar-refractivity contribution in [3.63, 3.8) is 0 Å². The molecule has 1 aromatic carbocycles. The average molecular weight is 323 g/mol. The lowest BCUT2D eigenvalue weighted by Gasteiger charge is -2.33. The predicted octanol–water partition coefficient (Wildman–Crippen LogP) is 3.61. The number of fused-ring (bicyclic) bond motifs is 1. The summed E-state index contributed by atoms with van der Waals surface area (Å²) in [6.07, 6.45) is 4.45. The number of nitrogens with one attached hydrogen (secondary N) is 1. The minimum Gasteiger partial charge on any atom is -0.481 e. The van der Waals surface area contributed by atoms with Gasteiger partial charge in [0.2, 0.25) is 0 Å². The van der Waals surface area contributed by atoms with Gasteiger partial charge in [-0.05, 0) is 34.3 Å². The first-order valence-corrected chi connectivity index (χ1v) is 7.31. The highest BCUT2D eigenvalue weighted by molar-refractivity contribution is 9.10. The Morgan fingerprint density at radius 1 is 1.32 bits per heavy atom. The normalized spacial score (nSPS) is 18.6. The molecule has 19 heavy (non-hydrogen) atoms. The van der Waals surface area contributed by atoms with E-state index in [0.29, 0.717) is 12.8 Å². The second-order valence-electron chi connectivity index (χ2n) is 5.19. The van der Waals surface area contributed by atoms with Crippen LogP contribution in [0.4, 0.5) is 0 Å². The second-order valence-corrected chi connectivity index (χ2v) is 5.98. The number of rotatable bonds is 2. The van der Waals surface area contributed by atoms with Crippen LogP contribution >= 0.6 is 15.9 Å². The highest BCUT2D eigenvalue weighted by atomic mass is 79.9. The summed E-state index contributed by atoms with van der Waals surface area (Å²) in [6.45, 7) is 0. The van der Waals surface area contributed by atoms with Crippen LogP contribution in [-0.4, -0.2) is 21.3 Å². The van der Waals surface area contributed by atoms with Crippen molar-refractivity contribution in [3.05, 3.63) is 28.4 Å². The largest absolute Gasteiger partial charge is 0.481 e. The summed E-state index contributed by atoms with van der Waals surface area (Å²) in [5, 5.41) is 17.9. The summed E-state index contributed by atoms with van der Waals surface area (Å²) in [5.41, 5.74) is 0.852. The molecule has 3 rings (SSSR count). The van der Waals surface area contributed by atoms with Gasteiger partial charge in [-0.1, -0.05) is 37.5 Å². The Labute approximate surface area is 119 Å². The number of carboxylic acid groups (broad SMARTS) is 1. The van der Waals surface area contributed by atoms with E-state index in [2.05, 4.69) is 26.1 Å². The van der Waals surface area contributed by atoms with E-state index in [0.717, 1.165) is 40.3 Å². The zero-order valence-electron chi connectivity index (χ0n) is 10.4. The Bertz CT molecular complexity index is 629. The molecular weight excluding hydrogens is 308 g/mol. The third kappa shape index (κ3) is 1.87. The Balaban J connectivity index is 2.23. The summed E-state index contributed by atoms with van der Waals surface area (Å²) in [4.78, 5) is 11.9. The van der Waals surface area contributed by atoms with E-state index in [9.17, 15) is 9.90 Å². The number of para-hydroxylation sites is 1. The van der Waals surface area contributed by atoms with Gasteiger partial charge in [-0.2, -0.15) is 5.10 Å². The molecule has 0 aliphatic heterocycles. The zero-order valence-corrected chi connectivity index (χ0v) is 12.0. The second kappa shape index (κ2) is 4.63. The molecule has 1 fully saturated rings. The lowest BCUT2D eigenvalue weighted by atomic mass is 9.69. The molecule has 0 radical (unpaired) electrons. The van der Waals surface area contributed by atoms with Crippen molar-refractivity contribution in [1.29, 1.82) is 0 Å². The number of nitrogens with zero attached hydrogens (tertiary/aromatic N) is 1. The van der Waals surface area contributed by atoms with Gasteiger partial charge < -0.3 is 5.11 Å². The first-order chi connectivity index (χ1) is 9.15. The summed E-state index contributed by atoms with van der Waals surface area (Å²) in [5.74, 6) is -0.723. The first-order valence-electron chi connectivity index (χ1n) is 6.52. The minimum absolute atomic E-state index is 0.700. The molecule has 1 aromatic heterocycles. The van der Waals surface area contributed by atoms with Crippen LogP contribution in [0.1, 0.15) is 37.7 Å². The van der Waals surface area contributed by atoms with E-state index in [1.165, 1.54) is 0 Å². The topological polar surface area (TPSA) is 66.0 Å². The molecule has 0 atom stereocenters. The number of carbonyl (C=O) groups is 1. The van der Waals surface area contributed by atoms with E-state index in [-0.39, 0.29) is 0 Å². The monoisotopic (exact) mass is 322 g/mol. The van der Waals surface area contributed by atoms with E-state index >= 15 is 0 Å². The summed E-state index contributed by atoms with van der Waals surface area (Å²) < 4.78 is 0.806. The van der Waals surface area contributed by atoms with Crippen molar-refractivity contribution < 1.29 is 9.90 Å². The Hall–Kier alpha value is -1.36.